The maximum Gasteiger partial charge on any atom is 0.303 e. The second kappa shape index (κ2) is 6.69. The molecular formula is C13H18BrNO4S. The number of carboxylic acid groups (broad SMARTS) is 1. The van der Waals surface area contributed by atoms with Crippen LogP contribution >= 0.6 is 15.9 Å². The molecule has 0 fully saturated rings. The van der Waals surface area contributed by atoms with Gasteiger partial charge in [0, 0.05) is 16.4 Å². The van der Waals surface area contributed by atoms with Crippen molar-refractivity contribution in [1.29, 1.82) is 0 Å². The van der Waals surface area contributed by atoms with Crippen molar-refractivity contribution in [2.75, 3.05) is 0 Å². The van der Waals surface area contributed by atoms with Crippen molar-refractivity contribution >= 4 is 31.9 Å². The molecule has 2 N–H and O–H groups in total. The molecule has 0 aliphatic rings. The van der Waals surface area contributed by atoms with E-state index in [-0.39, 0.29) is 18.6 Å². The normalized spacial score (nSPS) is 12.3. The quantitative estimate of drug-likeness (QED) is 0.779. The molecule has 0 atom stereocenters. The number of carboxylic acids is 1. The summed E-state index contributed by atoms with van der Waals surface area (Å²) in [5.41, 5.74) is -0.121. The maximum absolute atomic E-state index is 12.1. The van der Waals surface area contributed by atoms with E-state index in [1.165, 1.54) is 0 Å². The van der Waals surface area contributed by atoms with Crippen molar-refractivity contribution in [2.45, 2.75) is 38.0 Å². The molecule has 0 spiro atoms. The average molecular weight is 364 g/mol. The molecule has 20 heavy (non-hydrogen) atoms. The van der Waals surface area contributed by atoms with Crippen LogP contribution in [0.2, 0.25) is 0 Å². The van der Waals surface area contributed by atoms with Crippen molar-refractivity contribution in [3.63, 3.8) is 0 Å². The number of rotatable bonds is 7. The highest BCUT2D eigenvalue weighted by atomic mass is 79.9. The maximum atomic E-state index is 12.1. The molecule has 7 heteroatoms. The minimum atomic E-state index is -3.52. The summed E-state index contributed by atoms with van der Waals surface area (Å²) in [6, 6.07) is 7.06. The molecule has 0 unspecified atom stereocenters. The van der Waals surface area contributed by atoms with E-state index in [1.807, 2.05) is 6.07 Å². The fraction of sp³-hybridized carbons (Fsp3) is 0.462. The average Bonchev–Trinajstić information content (AvgIpc) is 2.24. The second-order valence-electron chi connectivity index (χ2n) is 5.27. The Morgan fingerprint density at radius 3 is 2.60 bits per heavy atom. The molecule has 0 aliphatic carbocycles. The van der Waals surface area contributed by atoms with Crippen LogP contribution in [-0.2, 0) is 20.6 Å². The Hall–Kier alpha value is -0.920. The third-order valence-electron chi connectivity index (χ3n) is 2.64. The van der Waals surface area contributed by atoms with Crippen LogP contribution in [0.5, 0.6) is 0 Å². The third-order valence-corrected chi connectivity index (χ3v) is 4.71. The summed E-state index contributed by atoms with van der Waals surface area (Å²) < 4.78 is 27.6. The van der Waals surface area contributed by atoms with E-state index in [9.17, 15) is 13.2 Å². The first kappa shape index (κ1) is 17.1. The Kier molecular flexibility index (Phi) is 5.73. The fourth-order valence-electron chi connectivity index (χ4n) is 1.77. The molecule has 5 nitrogen and oxygen atoms in total. The Bertz CT molecular complexity index is 584. The van der Waals surface area contributed by atoms with Crippen LogP contribution in [0.1, 0.15) is 32.3 Å². The lowest BCUT2D eigenvalue weighted by atomic mass is 10.0. The lowest BCUT2D eigenvalue weighted by Gasteiger charge is -2.25. The summed E-state index contributed by atoms with van der Waals surface area (Å²) in [5, 5.41) is 8.66. The molecule has 1 aromatic carbocycles. The highest BCUT2D eigenvalue weighted by molar-refractivity contribution is 9.10. The van der Waals surface area contributed by atoms with Gasteiger partial charge in [0.15, 0.2) is 0 Å². The number of halogens is 1. The van der Waals surface area contributed by atoms with Crippen LogP contribution in [0, 0.1) is 0 Å². The van der Waals surface area contributed by atoms with Crippen molar-refractivity contribution < 1.29 is 18.3 Å². The van der Waals surface area contributed by atoms with Gasteiger partial charge in [-0.2, -0.15) is 0 Å². The predicted molar refractivity (Wildman–Crippen MR) is 80.9 cm³/mol. The first-order chi connectivity index (χ1) is 9.10. The Balaban J connectivity index is 2.72. The standard InChI is InChI=1S/C13H18BrNO4S/c1-13(2,7-6-12(16)17)15-20(18,19)9-10-4-3-5-11(14)8-10/h3-5,8,15H,6-7,9H2,1-2H3,(H,16,17). The molecule has 112 valence electrons. The molecule has 0 bridgehead atoms. The van der Waals surface area contributed by atoms with Gasteiger partial charge in [-0.15, -0.1) is 0 Å². The van der Waals surface area contributed by atoms with Gasteiger partial charge >= 0.3 is 5.97 Å². The smallest absolute Gasteiger partial charge is 0.303 e. The van der Waals surface area contributed by atoms with Crippen LogP contribution in [0.25, 0.3) is 0 Å². The number of carbonyl (C=O) groups is 1. The monoisotopic (exact) mass is 363 g/mol. The zero-order valence-corrected chi connectivity index (χ0v) is 13.8. The van der Waals surface area contributed by atoms with Gasteiger partial charge in [0.25, 0.3) is 0 Å². The van der Waals surface area contributed by atoms with E-state index >= 15 is 0 Å². The first-order valence-electron chi connectivity index (χ1n) is 6.07. The van der Waals surface area contributed by atoms with Crippen molar-refractivity contribution in [1.82, 2.24) is 4.72 Å². The SMILES string of the molecule is CC(C)(CCC(=O)O)NS(=O)(=O)Cc1cccc(Br)c1. The van der Waals surface area contributed by atoms with Gasteiger partial charge in [-0.25, -0.2) is 13.1 Å². The van der Waals surface area contributed by atoms with E-state index in [0.717, 1.165) is 4.47 Å². The molecule has 0 aromatic heterocycles. The number of benzene rings is 1. The predicted octanol–water partition coefficient (Wildman–Crippen LogP) is 2.51. The Labute approximate surface area is 127 Å². The number of nitrogens with one attached hydrogen (secondary N) is 1. The zero-order valence-electron chi connectivity index (χ0n) is 11.4. The molecular weight excluding hydrogens is 346 g/mol. The topological polar surface area (TPSA) is 83.5 Å². The minimum absolute atomic E-state index is 0.0770. The van der Waals surface area contributed by atoms with E-state index < -0.39 is 21.5 Å². The summed E-state index contributed by atoms with van der Waals surface area (Å²) in [4.78, 5) is 10.6. The van der Waals surface area contributed by atoms with E-state index in [1.54, 1.807) is 32.0 Å². The first-order valence-corrected chi connectivity index (χ1v) is 8.52. The summed E-state index contributed by atoms with van der Waals surface area (Å²) in [6.07, 6.45) is 0.159. The Morgan fingerprint density at radius 1 is 1.40 bits per heavy atom. The lowest BCUT2D eigenvalue weighted by Crippen LogP contribution is -2.44. The number of hydrogen-bond donors (Lipinski definition) is 2. The van der Waals surface area contributed by atoms with Crippen molar-refractivity contribution in [3.05, 3.63) is 34.3 Å². The molecule has 0 saturated heterocycles. The van der Waals surface area contributed by atoms with Crippen LogP contribution < -0.4 is 4.72 Å². The van der Waals surface area contributed by atoms with Gasteiger partial charge in [0.1, 0.15) is 0 Å². The molecule has 0 amide bonds. The lowest BCUT2D eigenvalue weighted by molar-refractivity contribution is -0.137. The summed E-state index contributed by atoms with van der Waals surface area (Å²) in [5.74, 6) is -1.08. The van der Waals surface area contributed by atoms with E-state index in [2.05, 4.69) is 20.7 Å². The van der Waals surface area contributed by atoms with Gasteiger partial charge in [0.05, 0.1) is 5.75 Å². The van der Waals surface area contributed by atoms with Gasteiger partial charge < -0.3 is 5.11 Å². The second-order valence-corrected chi connectivity index (χ2v) is 7.91. The highest BCUT2D eigenvalue weighted by Crippen LogP contribution is 2.17. The molecule has 1 rings (SSSR count). The van der Waals surface area contributed by atoms with Crippen LogP contribution in [0.3, 0.4) is 0 Å². The van der Waals surface area contributed by atoms with Crippen LogP contribution in [0.15, 0.2) is 28.7 Å². The van der Waals surface area contributed by atoms with Gasteiger partial charge in [-0.3, -0.25) is 4.79 Å². The third kappa shape index (κ3) is 6.49. The van der Waals surface area contributed by atoms with Gasteiger partial charge in [-0.05, 0) is 38.0 Å². The molecule has 0 aliphatic heterocycles. The minimum Gasteiger partial charge on any atom is -0.481 e. The van der Waals surface area contributed by atoms with E-state index in [0.29, 0.717) is 5.56 Å². The molecule has 0 heterocycles. The van der Waals surface area contributed by atoms with Gasteiger partial charge in [0.2, 0.25) is 10.0 Å². The van der Waals surface area contributed by atoms with E-state index in [4.69, 9.17) is 5.11 Å². The molecule has 1 aromatic rings. The summed E-state index contributed by atoms with van der Waals surface area (Å²) in [6.45, 7) is 3.35. The number of hydrogen-bond acceptors (Lipinski definition) is 3. The summed E-state index contributed by atoms with van der Waals surface area (Å²) >= 11 is 3.29. The van der Waals surface area contributed by atoms with Gasteiger partial charge in [-0.1, -0.05) is 28.1 Å². The summed E-state index contributed by atoms with van der Waals surface area (Å²) in [7, 11) is -3.52. The molecule has 0 radical (unpaired) electrons. The van der Waals surface area contributed by atoms with Crippen molar-refractivity contribution in [2.24, 2.45) is 0 Å². The number of sulfonamides is 1. The zero-order chi connectivity index (χ0) is 15.4. The van der Waals surface area contributed by atoms with Crippen LogP contribution in [0.4, 0.5) is 0 Å². The van der Waals surface area contributed by atoms with Crippen LogP contribution in [-0.4, -0.2) is 25.0 Å². The fourth-order valence-corrected chi connectivity index (χ4v) is 3.85. The number of aliphatic carboxylic acids is 1. The largest absolute Gasteiger partial charge is 0.481 e. The highest BCUT2D eigenvalue weighted by Gasteiger charge is 2.25. The van der Waals surface area contributed by atoms with Crippen molar-refractivity contribution in [3.8, 4) is 0 Å². The Morgan fingerprint density at radius 2 is 2.05 bits per heavy atom. The molecule has 0 saturated carbocycles.